The zero-order chi connectivity index (χ0) is 12.8. The third-order valence-corrected chi connectivity index (χ3v) is 3.96. The average molecular weight is 256 g/mol. The first kappa shape index (κ1) is 14.0. The number of hydrogen-bond acceptors (Lipinski definition) is 5. The zero-order valence-electron chi connectivity index (χ0n) is 10.9. The lowest BCUT2D eigenvalue weighted by Crippen LogP contribution is -2.12. The number of hydrogen-bond donors (Lipinski definition) is 1. The van der Waals surface area contributed by atoms with Gasteiger partial charge in [0.1, 0.15) is 4.88 Å². The minimum Gasteiger partial charge on any atom is -0.465 e. The highest BCUT2D eigenvalue weighted by atomic mass is 32.1. The number of anilines is 1. The van der Waals surface area contributed by atoms with Gasteiger partial charge in [-0.2, -0.15) is 0 Å². The molecule has 1 aromatic heterocycles. The van der Waals surface area contributed by atoms with Gasteiger partial charge in [-0.25, -0.2) is 9.78 Å². The first-order chi connectivity index (χ1) is 8.12. The topological polar surface area (TPSA) is 51.2 Å². The Morgan fingerprint density at radius 2 is 2.12 bits per heavy atom. The minimum atomic E-state index is -0.310. The van der Waals surface area contributed by atoms with E-state index in [9.17, 15) is 4.79 Å². The largest absolute Gasteiger partial charge is 0.465 e. The van der Waals surface area contributed by atoms with Crippen molar-refractivity contribution in [3.63, 3.8) is 0 Å². The van der Waals surface area contributed by atoms with E-state index >= 15 is 0 Å². The second-order valence-electron chi connectivity index (χ2n) is 3.99. The summed E-state index contributed by atoms with van der Waals surface area (Å²) < 4.78 is 4.70. The molecule has 5 heteroatoms. The van der Waals surface area contributed by atoms with Gasteiger partial charge in [0, 0.05) is 6.54 Å². The van der Waals surface area contributed by atoms with Crippen molar-refractivity contribution in [1.29, 1.82) is 0 Å². The molecule has 0 amide bonds. The maximum atomic E-state index is 11.4. The van der Waals surface area contributed by atoms with Crippen LogP contribution in [-0.2, 0) is 4.74 Å². The van der Waals surface area contributed by atoms with Crippen LogP contribution in [0.3, 0.4) is 0 Å². The Balaban J connectivity index is 2.64. The van der Waals surface area contributed by atoms with Crippen molar-refractivity contribution in [1.82, 2.24) is 4.98 Å². The fraction of sp³-hybridized carbons (Fsp3) is 0.667. The summed E-state index contributed by atoms with van der Waals surface area (Å²) in [7, 11) is 1.39. The Kier molecular flexibility index (Phi) is 5.41. The molecule has 0 saturated carbocycles. The molecule has 0 spiro atoms. The fourth-order valence-electron chi connectivity index (χ4n) is 1.56. The number of carbonyl (C=O) groups is 1. The normalized spacial score (nSPS) is 10.6. The molecule has 0 aliphatic carbocycles. The van der Waals surface area contributed by atoms with E-state index in [4.69, 9.17) is 4.74 Å². The molecule has 1 heterocycles. The highest BCUT2D eigenvalue weighted by molar-refractivity contribution is 7.17. The molecule has 4 nitrogen and oxygen atoms in total. The van der Waals surface area contributed by atoms with Crippen LogP contribution in [-0.4, -0.2) is 24.6 Å². The monoisotopic (exact) mass is 256 g/mol. The van der Waals surface area contributed by atoms with Crippen LogP contribution in [0.15, 0.2) is 0 Å². The number of ether oxygens (including phenoxy) is 1. The Morgan fingerprint density at radius 1 is 1.47 bits per heavy atom. The second-order valence-corrected chi connectivity index (χ2v) is 4.99. The van der Waals surface area contributed by atoms with Crippen LogP contribution in [0.1, 0.15) is 42.1 Å². The molecule has 0 unspecified atom stereocenters. The van der Waals surface area contributed by atoms with E-state index in [1.54, 1.807) is 0 Å². The van der Waals surface area contributed by atoms with Crippen LogP contribution >= 0.6 is 11.3 Å². The second kappa shape index (κ2) is 6.59. The molecule has 0 aromatic carbocycles. The summed E-state index contributed by atoms with van der Waals surface area (Å²) in [6, 6.07) is 0. The van der Waals surface area contributed by atoms with E-state index in [-0.39, 0.29) is 5.97 Å². The van der Waals surface area contributed by atoms with Crippen molar-refractivity contribution >= 4 is 22.4 Å². The highest BCUT2D eigenvalue weighted by Crippen LogP contribution is 2.23. The van der Waals surface area contributed by atoms with E-state index in [0.717, 1.165) is 30.2 Å². The predicted molar refractivity (Wildman–Crippen MR) is 70.8 cm³/mol. The number of nitrogens with one attached hydrogen (secondary N) is 1. The molecule has 1 rings (SSSR count). The first-order valence-corrected chi connectivity index (χ1v) is 6.73. The van der Waals surface area contributed by atoms with Crippen molar-refractivity contribution < 1.29 is 9.53 Å². The third-order valence-electron chi connectivity index (χ3n) is 2.86. The van der Waals surface area contributed by atoms with Gasteiger partial charge in [0.15, 0.2) is 5.13 Å². The fourth-order valence-corrected chi connectivity index (χ4v) is 2.45. The SMILES string of the molecule is CCC(CC)CNc1nc(C)c(C(=O)OC)s1. The Hall–Kier alpha value is -1.10. The van der Waals surface area contributed by atoms with Gasteiger partial charge in [-0.15, -0.1) is 0 Å². The molecule has 17 heavy (non-hydrogen) atoms. The van der Waals surface area contributed by atoms with E-state index in [2.05, 4.69) is 24.1 Å². The highest BCUT2D eigenvalue weighted by Gasteiger charge is 2.15. The van der Waals surface area contributed by atoms with Gasteiger partial charge in [-0.1, -0.05) is 38.0 Å². The summed E-state index contributed by atoms with van der Waals surface area (Å²) in [4.78, 5) is 16.3. The summed E-state index contributed by atoms with van der Waals surface area (Å²) in [5.41, 5.74) is 0.730. The maximum Gasteiger partial charge on any atom is 0.350 e. The van der Waals surface area contributed by atoms with Crippen molar-refractivity contribution in [2.24, 2.45) is 5.92 Å². The van der Waals surface area contributed by atoms with E-state index in [1.165, 1.54) is 18.4 Å². The smallest absolute Gasteiger partial charge is 0.350 e. The van der Waals surface area contributed by atoms with E-state index < -0.39 is 0 Å². The minimum absolute atomic E-state index is 0.310. The van der Waals surface area contributed by atoms with Gasteiger partial charge >= 0.3 is 5.97 Å². The lowest BCUT2D eigenvalue weighted by Gasteiger charge is -2.11. The van der Waals surface area contributed by atoms with Crippen LogP contribution < -0.4 is 5.32 Å². The number of aryl methyl sites for hydroxylation is 1. The van der Waals surface area contributed by atoms with Crippen LogP contribution in [0.25, 0.3) is 0 Å². The third kappa shape index (κ3) is 3.70. The number of thiazole rings is 1. The molecule has 0 aliphatic heterocycles. The van der Waals surface area contributed by atoms with Crippen molar-refractivity contribution in [2.75, 3.05) is 19.0 Å². The van der Waals surface area contributed by atoms with Gasteiger partial charge in [-0.3, -0.25) is 0 Å². The molecule has 96 valence electrons. The summed E-state index contributed by atoms with van der Waals surface area (Å²) in [5.74, 6) is 0.344. The number of rotatable bonds is 6. The molecule has 0 radical (unpaired) electrons. The van der Waals surface area contributed by atoms with Gasteiger partial charge in [-0.05, 0) is 12.8 Å². The molecule has 0 aliphatic rings. The number of methoxy groups -OCH3 is 1. The summed E-state index contributed by atoms with van der Waals surface area (Å²) >= 11 is 1.36. The van der Waals surface area contributed by atoms with Crippen LogP contribution in [0.4, 0.5) is 5.13 Å². The Labute approximate surface area is 106 Å². The standard InChI is InChI=1S/C12H20N2O2S/c1-5-9(6-2)7-13-12-14-8(3)10(17-12)11(15)16-4/h9H,5-7H2,1-4H3,(H,13,14). The van der Waals surface area contributed by atoms with Gasteiger partial charge in [0.2, 0.25) is 0 Å². The Bertz CT molecular complexity index is 373. The number of aromatic nitrogens is 1. The van der Waals surface area contributed by atoms with Gasteiger partial charge in [0.05, 0.1) is 12.8 Å². The van der Waals surface area contributed by atoms with Crippen molar-refractivity contribution in [2.45, 2.75) is 33.6 Å². The van der Waals surface area contributed by atoms with Crippen LogP contribution in [0.5, 0.6) is 0 Å². The molecule has 0 atom stereocenters. The van der Waals surface area contributed by atoms with E-state index in [0.29, 0.717) is 10.8 Å². The quantitative estimate of drug-likeness (QED) is 0.795. The number of esters is 1. The molecular weight excluding hydrogens is 236 g/mol. The molecular formula is C12H20N2O2S. The predicted octanol–water partition coefficient (Wildman–Crippen LogP) is 3.09. The van der Waals surface area contributed by atoms with Crippen molar-refractivity contribution in [3.05, 3.63) is 10.6 Å². The first-order valence-electron chi connectivity index (χ1n) is 5.91. The van der Waals surface area contributed by atoms with E-state index in [1.807, 2.05) is 6.92 Å². The van der Waals surface area contributed by atoms with Crippen LogP contribution in [0.2, 0.25) is 0 Å². The summed E-state index contributed by atoms with van der Waals surface area (Å²) in [6.45, 7) is 7.09. The molecule has 1 N–H and O–H groups in total. The average Bonchev–Trinajstić information content (AvgIpc) is 2.71. The zero-order valence-corrected chi connectivity index (χ0v) is 11.7. The van der Waals surface area contributed by atoms with Gasteiger partial charge < -0.3 is 10.1 Å². The Morgan fingerprint density at radius 3 is 2.65 bits per heavy atom. The molecule has 1 aromatic rings. The number of carbonyl (C=O) groups excluding carboxylic acids is 1. The van der Waals surface area contributed by atoms with Crippen LogP contribution in [0, 0.1) is 12.8 Å². The number of nitrogens with zero attached hydrogens (tertiary/aromatic N) is 1. The van der Waals surface area contributed by atoms with Gasteiger partial charge in [0.25, 0.3) is 0 Å². The maximum absolute atomic E-state index is 11.4. The summed E-state index contributed by atoms with van der Waals surface area (Å²) in [5, 5.41) is 4.09. The molecule has 0 bridgehead atoms. The van der Waals surface area contributed by atoms with Crippen molar-refractivity contribution in [3.8, 4) is 0 Å². The molecule has 0 saturated heterocycles. The lowest BCUT2D eigenvalue weighted by molar-refractivity contribution is 0.0605. The lowest BCUT2D eigenvalue weighted by atomic mass is 10.0. The summed E-state index contributed by atoms with van der Waals surface area (Å²) in [6.07, 6.45) is 2.30. The molecule has 0 fully saturated rings.